The first-order valence-corrected chi connectivity index (χ1v) is 8.66. The van der Waals surface area contributed by atoms with Crippen molar-refractivity contribution in [1.29, 1.82) is 0 Å². The molecule has 0 N–H and O–H groups in total. The first-order valence-electron chi connectivity index (χ1n) is 8.66. The summed E-state index contributed by atoms with van der Waals surface area (Å²) in [5.41, 5.74) is 4.31. The van der Waals surface area contributed by atoms with E-state index >= 15 is 0 Å². The number of carbonyl (C=O) groups excluding carboxylic acids is 1. The molecule has 3 heteroatoms. The molecule has 1 amide bonds. The Bertz CT molecular complexity index is 710. The second-order valence-electron chi connectivity index (χ2n) is 6.57. The molecule has 2 aromatic carbocycles. The Morgan fingerprint density at radius 3 is 2.54 bits per heavy atom. The molecule has 0 aromatic heterocycles. The van der Waals surface area contributed by atoms with E-state index in [-0.39, 0.29) is 12.0 Å². The quantitative estimate of drug-likeness (QED) is 0.847. The molecule has 1 atom stereocenters. The first kappa shape index (κ1) is 16.7. The van der Waals surface area contributed by atoms with Crippen molar-refractivity contribution in [3.05, 3.63) is 70.8 Å². The van der Waals surface area contributed by atoms with Crippen molar-refractivity contribution in [3.63, 3.8) is 0 Å². The average Bonchev–Trinajstić information content (AvgIpc) is 2.61. The van der Waals surface area contributed by atoms with Gasteiger partial charge in [-0.25, -0.2) is 0 Å². The summed E-state index contributed by atoms with van der Waals surface area (Å²) in [5.74, 6) is 0.122. The lowest BCUT2D eigenvalue weighted by atomic mass is 10.0. The fourth-order valence-electron chi connectivity index (χ4n) is 3.22. The molecule has 1 aliphatic heterocycles. The number of ether oxygens (including phenoxy) is 1. The van der Waals surface area contributed by atoms with Gasteiger partial charge in [0.05, 0.1) is 12.7 Å². The monoisotopic (exact) mass is 323 g/mol. The number of amides is 1. The molecular weight excluding hydrogens is 298 g/mol. The number of nitrogens with zero attached hydrogens (tertiary/aromatic N) is 1. The number of hydrogen-bond acceptors (Lipinski definition) is 2. The van der Waals surface area contributed by atoms with E-state index in [0.717, 1.165) is 30.5 Å². The average molecular weight is 323 g/mol. The Morgan fingerprint density at radius 2 is 1.79 bits per heavy atom. The second-order valence-corrected chi connectivity index (χ2v) is 6.57. The van der Waals surface area contributed by atoms with Crippen molar-refractivity contribution in [1.82, 2.24) is 4.90 Å². The predicted octanol–water partition coefficient (Wildman–Crippen LogP) is 4.12. The first-order chi connectivity index (χ1) is 11.6. The van der Waals surface area contributed by atoms with Crippen LogP contribution in [0.25, 0.3) is 0 Å². The lowest BCUT2D eigenvalue weighted by Gasteiger charge is -2.33. The van der Waals surface area contributed by atoms with Crippen molar-refractivity contribution >= 4 is 5.91 Å². The second kappa shape index (κ2) is 7.63. The van der Waals surface area contributed by atoms with Crippen LogP contribution in [0.15, 0.2) is 48.5 Å². The number of hydrogen-bond donors (Lipinski definition) is 0. The van der Waals surface area contributed by atoms with E-state index in [1.807, 2.05) is 48.2 Å². The van der Waals surface area contributed by atoms with Crippen LogP contribution >= 0.6 is 0 Å². The van der Waals surface area contributed by atoms with E-state index in [0.29, 0.717) is 13.2 Å². The van der Waals surface area contributed by atoms with Crippen LogP contribution in [0.2, 0.25) is 0 Å². The van der Waals surface area contributed by atoms with Crippen molar-refractivity contribution in [3.8, 4) is 0 Å². The van der Waals surface area contributed by atoms with E-state index in [4.69, 9.17) is 4.74 Å². The van der Waals surface area contributed by atoms with Gasteiger partial charge in [0.15, 0.2) is 0 Å². The number of aryl methyl sites for hydroxylation is 2. The van der Waals surface area contributed by atoms with Crippen LogP contribution in [0.1, 0.15) is 39.9 Å². The minimum absolute atomic E-state index is 0.117. The van der Waals surface area contributed by atoms with Gasteiger partial charge in [-0.05, 0) is 49.4 Å². The van der Waals surface area contributed by atoms with Gasteiger partial charge in [-0.1, -0.05) is 42.5 Å². The highest BCUT2D eigenvalue weighted by Crippen LogP contribution is 2.19. The standard InChI is InChI=1S/C21H25NO2/c1-16-8-3-5-10-18(16)15-24-19-11-7-13-22(14-19)21(23)20-12-6-4-9-17(20)2/h3-6,8-10,12,19H,7,11,13-15H2,1-2H3. The molecule has 2 aromatic rings. The Balaban J connectivity index is 1.61. The fourth-order valence-corrected chi connectivity index (χ4v) is 3.22. The molecule has 3 rings (SSSR count). The molecule has 1 aliphatic rings. The summed E-state index contributed by atoms with van der Waals surface area (Å²) in [4.78, 5) is 14.7. The zero-order valence-electron chi connectivity index (χ0n) is 14.5. The van der Waals surface area contributed by atoms with Crippen LogP contribution in [0.3, 0.4) is 0 Å². The zero-order valence-corrected chi connectivity index (χ0v) is 14.5. The summed E-state index contributed by atoms with van der Waals surface area (Å²) in [6, 6.07) is 16.1. The van der Waals surface area contributed by atoms with Crippen LogP contribution in [-0.4, -0.2) is 30.0 Å². The largest absolute Gasteiger partial charge is 0.372 e. The van der Waals surface area contributed by atoms with E-state index in [9.17, 15) is 4.79 Å². The Morgan fingerprint density at radius 1 is 1.08 bits per heavy atom. The number of carbonyl (C=O) groups is 1. The van der Waals surface area contributed by atoms with Gasteiger partial charge in [0.25, 0.3) is 5.91 Å². The third-order valence-electron chi connectivity index (χ3n) is 4.78. The lowest BCUT2D eigenvalue weighted by molar-refractivity contribution is -0.00690. The highest BCUT2D eigenvalue weighted by molar-refractivity contribution is 5.95. The van der Waals surface area contributed by atoms with Gasteiger partial charge in [-0.15, -0.1) is 0 Å². The summed E-state index contributed by atoms with van der Waals surface area (Å²) < 4.78 is 6.10. The maximum atomic E-state index is 12.8. The van der Waals surface area contributed by atoms with Crippen molar-refractivity contribution < 1.29 is 9.53 Å². The SMILES string of the molecule is Cc1ccccc1COC1CCCN(C(=O)c2ccccc2C)C1. The summed E-state index contributed by atoms with van der Waals surface area (Å²) >= 11 is 0. The molecule has 3 nitrogen and oxygen atoms in total. The Hall–Kier alpha value is -2.13. The van der Waals surface area contributed by atoms with Crippen LogP contribution in [0.5, 0.6) is 0 Å². The third kappa shape index (κ3) is 3.85. The highest BCUT2D eigenvalue weighted by Gasteiger charge is 2.25. The molecule has 1 heterocycles. The minimum Gasteiger partial charge on any atom is -0.372 e. The van der Waals surface area contributed by atoms with E-state index in [1.54, 1.807) is 0 Å². The fraction of sp³-hybridized carbons (Fsp3) is 0.381. The molecule has 0 aliphatic carbocycles. The van der Waals surface area contributed by atoms with Crippen LogP contribution in [-0.2, 0) is 11.3 Å². The zero-order chi connectivity index (χ0) is 16.9. The van der Waals surface area contributed by atoms with E-state index in [1.165, 1.54) is 11.1 Å². The van der Waals surface area contributed by atoms with E-state index < -0.39 is 0 Å². The van der Waals surface area contributed by atoms with E-state index in [2.05, 4.69) is 19.1 Å². The van der Waals surface area contributed by atoms with Crippen LogP contribution in [0.4, 0.5) is 0 Å². The molecular formula is C21H25NO2. The van der Waals surface area contributed by atoms with Gasteiger partial charge < -0.3 is 9.64 Å². The number of piperidine rings is 1. The van der Waals surface area contributed by atoms with Gasteiger partial charge in [0, 0.05) is 18.7 Å². The predicted molar refractivity (Wildman–Crippen MR) is 96.1 cm³/mol. The third-order valence-corrected chi connectivity index (χ3v) is 4.78. The molecule has 126 valence electrons. The minimum atomic E-state index is 0.117. The van der Waals surface area contributed by atoms with Crippen LogP contribution in [0, 0.1) is 13.8 Å². The molecule has 0 saturated carbocycles. The topological polar surface area (TPSA) is 29.5 Å². The number of rotatable bonds is 4. The summed E-state index contributed by atoms with van der Waals surface area (Å²) in [6.45, 7) is 6.21. The molecule has 1 fully saturated rings. The molecule has 0 spiro atoms. The smallest absolute Gasteiger partial charge is 0.254 e. The van der Waals surface area contributed by atoms with Crippen molar-refractivity contribution in [2.75, 3.05) is 13.1 Å². The molecule has 0 bridgehead atoms. The molecule has 0 radical (unpaired) electrons. The van der Waals surface area contributed by atoms with Gasteiger partial charge >= 0.3 is 0 Å². The highest BCUT2D eigenvalue weighted by atomic mass is 16.5. The Labute approximate surface area is 144 Å². The number of likely N-dealkylation sites (tertiary alicyclic amines) is 1. The molecule has 24 heavy (non-hydrogen) atoms. The van der Waals surface area contributed by atoms with Crippen molar-refractivity contribution in [2.45, 2.75) is 39.4 Å². The summed E-state index contributed by atoms with van der Waals surface area (Å²) in [5, 5.41) is 0. The maximum absolute atomic E-state index is 12.8. The number of benzene rings is 2. The lowest BCUT2D eigenvalue weighted by Crippen LogP contribution is -2.43. The maximum Gasteiger partial charge on any atom is 0.254 e. The van der Waals surface area contributed by atoms with Crippen LogP contribution < -0.4 is 0 Å². The van der Waals surface area contributed by atoms with Crippen molar-refractivity contribution in [2.24, 2.45) is 0 Å². The summed E-state index contributed by atoms with van der Waals surface area (Å²) in [6.07, 6.45) is 2.13. The normalized spacial score (nSPS) is 17.8. The van der Waals surface area contributed by atoms with Gasteiger partial charge in [0.1, 0.15) is 0 Å². The Kier molecular flexibility index (Phi) is 5.31. The summed E-state index contributed by atoms with van der Waals surface area (Å²) in [7, 11) is 0. The van der Waals surface area contributed by atoms with Gasteiger partial charge in [-0.3, -0.25) is 4.79 Å². The van der Waals surface area contributed by atoms with Gasteiger partial charge in [0.2, 0.25) is 0 Å². The molecule has 1 unspecified atom stereocenters. The van der Waals surface area contributed by atoms with Gasteiger partial charge in [-0.2, -0.15) is 0 Å². The molecule has 1 saturated heterocycles.